The van der Waals surface area contributed by atoms with E-state index in [0.717, 1.165) is 43.9 Å². The van der Waals surface area contributed by atoms with E-state index in [2.05, 4.69) is 9.97 Å². The molecule has 0 aliphatic carbocycles. The highest BCUT2D eigenvalue weighted by Gasteiger charge is 2.27. The SMILES string of the molecule is Cc1nc(-c2ccc(C(=O)OCCC(=O)N3c4ccccc4Sc4ccccc43)cc2)[nH]c1C. The minimum atomic E-state index is -0.457. The molecule has 34 heavy (non-hydrogen) atoms. The molecule has 6 nitrogen and oxygen atoms in total. The number of amides is 1. The predicted molar refractivity (Wildman–Crippen MR) is 133 cm³/mol. The van der Waals surface area contributed by atoms with Gasteiger partial charge in [-0.05, 0) is 50.2 Å². The molecule has 0 bridgehead atoms. The van der Waals surface area contributed by atoms with Crippen molar-refractivity contribution in [2.24, 2.45) is 0 Å². The zero-order chi connectivity index (χ0) is 23.7. The molecule has 1 aromatic heterocycles. The molecule has 0 saturated carbocycles. The van der Waals surface area contributed by atoms with E-state index >= 15 is 0 Å². The van der Waals surface area contributed by atoms with Crippen LogP contribution in [0.1, 0.15) is 28.2 Å². The second-order valence-electron chi connectivity index (χ2n) is 8.03. The number of rotatable bonds is 5. The maximum atomic E-state index is 13.2. The molecule has 0 unspecified atom stereocenters. The van der Waals surface area contributed by atoms with Crippen LogP contribution in [0, 0.1) is 13.8 Å². The van der Waals surface area contributed by atoms with Gasteiger partial charge < -0.3 is 9.72 Å². The summed E-state index contributed by atoms with van der Waals surface area (Å²) in [7, 11) is 0. The van der Waals surface area contributed by atoms with Crippen LogP contribution < -0.4 is 4.90 Å². The van der Waals surface area contributed by atoms with Crippen LogP contribution in [0.5, 0.6) is 0 Å². The number of anilines is 2. The molecular weight excluding hydrogens is 446 g/mol. The third-order valence-corrected chi connectivity index (χ3v) is 6.88. The summed E-state index contributed by atoms with van der Waals surface area (Å²) >= 11 is 1.65. The average molecular weight is 470 g/mol. The number of carbonyl (C=O) groups excluding carboxylic acids is 2. The van der Waals surface area contributed by atoms with Gasteiger partial charge in [0.05, 0.1) is 29.1 Å². The number of aryl methyl sites for hydroxylation is 2. The molecule has 170 valence electrons. The molecule has 0 atom stereocenters. The van der Waals surface area contributed by atoms with Crippen LogP contribution in [0.4, 0.5) is 11.4 Å². The minimum absolute atomic E-state index is 0.00394. The maximum Gasteiger partial charge on any atom is 0.338 e. The number of carbonyl (C=O) groups is 2. The van der Waals surface area contributed by atoms with Crippen LogP contribution in [0.3, 0.4) is 0 Å². The van der Waals surface area contributed by atoms with Gasteiger partial charge in [0.1, 0.15) is 12.4 Å². The number of ether oxygens (including phenoxy) is 1. The fourth-order valence-corrected chi connectivity index (χ4v) is 4.91. The van der Waals surface area contributed by atoms with Gasteiger partial charge in [0, 0.05) is 21.0 Å². The number of aromatic nitrogens is 2. The van der Waals surface area contributed by atoms with Gasteiger partial charge in [0.25, 0.3) is 0 Å². The van der Waals surface area contributed by atoms with E-state index in [0.29, 0.717) is 5.56 Å². The van der Waals surface area contributed by atoms with Crippen molar-refractivity contribution < 1.29 is 14.3 Å². The standard InChI is InChI=1S/C27H23N3O3S/c1-17-18(2)29-26(28-17)19-11-13-20(14-12-19)27(32)33-16-15-25(31)30-21-7-3-5-9-23(21)34-24-10-6-4-8-22(24)30/h3-14H,15-16H2,1-2H3,(H,28,29). The van der Waals surface area contributed by atoms with E-state index in [-0.39, 0.29) is 18.9 Å². The largest absolute Gasteiger partial charge is 0.462 e. The molecule has 0 spiro atoms. The summed E-state index contributed by atoms with van der Waals surface area (Å²) in [6.07, 6.45) is 0.0854. The normalized spacial score (nSPS) is 12.1. The molecule has 0 saturated heterocycles. The second kappa shape index (κ2) is 9.19. The molecule has 1 aliphatic heterocycles. The third kappa shape index (κ3) is 4.22. The number of hydrogen-bond acceptors (Lipinski definition) is 5. The first kappa shape index (κ1) is 22.0. The number of esters is 1. The number of aromatic amines is 1. The summed E-state index contributed by atoms with van der Waals surface area (Å²) in [5.74, 6) is 0.189. The quantitative estimate of drug-likeness (QED) is 0.359. The van der Waals surface area contributed by atoms with Gasteiger partial charge in [-0.25, -0.2) is 9.78 Å². The number of H-pyrrole nitrogens is 1. The Bertz CT molecular complexity index is 1310. The second-order valence-corrected chi connectivity index (χ2v) is 9.11. The zero-order valence-corrected chi connectivity index (χ0v) is 19.7. The lowest BCUT2D eigenvalue weighted by molar-refractivity contribution is -0.118. The summed E-state index contributed by atoms with van der Waals surface area (Å²) in [6, 6.07) is 22.7. The van der Waals surface area contributed by atoms with Crippen molar-refractivity contribution in [3.8, 4) is 11.4 Å². The van der Waals surface area contributed by atoms with Crippen LogP contribution in [0.2, 0.25) is 0 Å². The van der Waals surface area contributed by atoms with Crippen molar-refractivity contribution in [1.29, 1.82) is 0 Å². The summed E-state index contributed by atoms with van der Waals surface area (Å²) in [4.78, 5) is 37.2. The Balaban J connectivity index is 1.24. The molecule has 1 N–H and O–H groups in total. The zero-order valence-electron chi connectivity index (χ0n) is 18.9. The van der Waals surface area contributed by atoms with Gasteiger partial charge in [0.2, 0.25) is 5.91 Å². The predicted octanol–water partition coefficient (Wildman–Crippen LogP) is 6.07. The number of nitrogens with zero attached hydrogens (tertiary/aromatic N) is 2. The maximum absolute atomic E-state index is 13.2. The molecule has 4 aromatic rings. The lowest BCUT2D eigenvalue weighted by Crippen LogP contribution is -2.29. The summed E-state index contributed by atoms with van der Waals surface area (Å²) < 4.78 is 5.42. The first-order valence-corrected chi connectivity index (χ1v) is 11.8. The van der Waals surface area contributed by atoms with Crippen molar-refractivity contribution in [3.63, 3.8) is 0 Å². The van der Waals surface area contributed by atoms with Gasteiger partial charge in [-0.2, -0.15) is 0 Å². The van der Waals surface area contributed by atoms with Gasteiger partial charge in [-0.15, -0.1) is 0 Å². The smallest absolute Gasteiger partial charge is 0.338 e. The van der Waals surface area contributed by atoms with E-state index < -0.39 is 5.97 Å². The number of hydrogen-bond donors (Lipinski definition) is 1. The van der Waals surface area contributed by atoms with Crippen molar-refractivity contribution >= 4 is 35.0 Å². The molecule has 3 aromatic carbocycles. The van der Waals surface area contributed by atoms with Gasteiger partial charge in [-0.1, -0.05) is 48.2 Å². The first-order valence-electron chi connectivity index (χ1n) is 11.0. The number of imidazole rings is 1. The fraction of sp³-hybridized carbons (Fsp3) is 0.148. The summed E-state index contributed by atoms with van der Waals surface area (Å²) in [5.41, 5.74) is 4.98. The highest BCUT2D eigenvalue weighted by molar-refractivity contribution is 7.99. The van der Waals surface area contributed by atoms with E-state index in [1.165, 1.54) is 0 Å². The molecule has 0 radical (unpaired) electrons. The van der Waals surface area contributed by atoms with Gasteiger partial charge in [-0.3, -0.25) is 9.69 Å². The lowest BCUT2D eigenvalue weighted by atomic mass is 10.1. The Morgan fingerprint density at radius 1 is 0.912 bits per heavy atom. The van der Waals surface area contributed by atoms with Crippen molar-refractivity contribution in [3.05, 3.63) is 89.7 Å². The molecule has 0 fully saturated rings. The summed E-state index contributed by atoms with van der Waals surface area (Å²) in [6.45, 7) is 3.92. The highest BCUT2D eigenvalue weighted by atomic mass is 32.2. The molecule has 7 heteroatoms. The Morgan fingerprint density at radius 3 is 2.12 bits per heavy atom. The molecule has 2 heterocycles. The monoisotopic (exact) mass is 469 g/mol. The van der Waals surface area contributed by atoms with Crippen LogP contribution in [-0.4, -0.2) is 28.5 Å². The van der Waals surface area contributed by atoms with Crippen molar-refractivity contribution in [2.75, 3.05) is 11.5 Å². The van der Waals surface area contributed by atoms with Crippen LogP contribution in [0.25, 0.3) is 11.4 Å². The van der Waals surface area contributed by atoms with Gasteiger partial charge >= 0.3 is 5.97 Å². The van der Waals surface area contributed by atoms with Crippen LogP contribution >= 0.6 is 11.8 Å². The third-order valence-electron chi connectivity index (χ3n) is 5.75. The summed E-state index contributed by atoms with van der Waals surface area (Å²) in [5, 5.41) is 0. The number of fused-ring (bicyclic) bond motifs is 2. The number of benzene rings is 3. The van der Waals surface area contributed by atoms with Crippen molar-refractivity contribution in [1.82, 2.24) is 9.97 Å². The van der Waals surface area contributed by atoms with E-state index in [1.807, 2.05) is 74.5 Å². The topological polar surface area (TPSA) is 75.3 Å². The average Bonchev–Trinajstić information content (AvgIpc) is 3.20. The lowest BCUT2D eigenvalue weighted by Gasteiger charge is -2.31. The number of nitrogens with one attached hydrogen (secondary N) is 1. The minimum Gasteiger partial charge on any atom is -0.462 e. The highest BCUT2D eigenvalue weighted by Crippen LogP contribution is 2.48. The van der Waals surface area contributed by atoms with E-state index in [9.17, 15) is 9.59 Å². The Hall–Kier alpha value is -3.84. The number of para-hydroxylation sites is 2. The van der Waals surface area contributed by atoms with Crippen LogP contribution in [-0.2, 0) is 9.53 Å². The first-order chi connectivity index (χ1) is 16.5. The van der Waals surface area contributed by atoms with E-state index in [4.69, 9.17) is 4.74 Å². The molecular formula is C27H23N3O3S. The Labute approximate surface area is 202 Å². The molecule has 1 amide bonds. The van der Waals surface area contributed by atoms with Crippen LogP contribution in [0.15, 0.2) is 82.6 Å². The molecule has 1 aliphatic rings. The van der Waals surface area contributed by atoms with Gasteiger partial charge in [0.15, 0.2) is 0 Å². The molecule has 5 rings (SSSR count). The Morgan fingerprint density at radius 2 is 1.53 bits per heavy atom. The fourth-order valence-electron chi connectivity index (χ4n) is 3.85. The Kier molecular flexibility index (Phi) is 5.94. The van der Waals surface area contributed by atoms with Crippen molar-refractivity contribution in [2.45, 2.75) is 30.1 Å². The van der Waals surface area contributed by atoms with E-state index in [1.54, 1.807) is 28.8 Å².